The van der Waals surface area contributed by atoms with Crippen LogP contribution in [0.4, 0.5) is 0 Å². The first-order valence-electron chi connectivity index (χ1n) is 8.12. The van der Waals surface area contributed by atoms with Crippen LogP contribution in [0.5, 0.6) is 0 Å². The molecule has 3 heteroatoms. The first kappa shape index (κ1) is 16.5. The number of nitrogens with zero attached hydrogens (tertiary/aromatic N) is 2. The Hall–Kier alpha value is -0.900. The molecule has 1 aliphatic rings. The molecule has 0 atom stereocenters. The third-order valence-corrected chi connectivity index (χ3v) is 4.01. The summed E-state index contributed by atoms with van der Waals surface area (Å²) in [6.07, 6.45) is 0. The van der Waals surface area contributed by atoms with Crippen LogP contribution in [0.15, 0.2) is 24.3 Å². The summed E-state index contributed by atoms with van der Waals surface area (Å²) in [4.78, 5) is 4.95. The largest absolute Gasteiger partial charge is 0.312 e. The fourth-order valence-corrected chi connectivity index (χ4v) is 2.61. The highest BCUT2D eigenvalue weighted by atomic mass is 15.2. The van der Waals surface area contributed by atoms with E-state index in [1.54, 1.807) is 0 Å². The Bertz CT molecular complexity index is 411. The molecule has 1 aromatic rings. The second-order valence-corrected chi connectivity index (χ2v) is 7.56. The maximum atomic E-state index is 3.53. The maximum Gasteiger partial charge on any atom is 0.0234 e. The highest BCUT2D eigenvalue weighted by Gasteiger charge is 2.13. The van der Waals surface area contributed by atoms with Crippen molar-refractivity contribution in [2.24, 2.45) is 5.41 Å². The number of hydrogen-bond acceptors (Lipinski definition) is 3. The molecule has 0 spiro atoms. The van der Waals surface area contributed by atoms with Gasteiger partial charge in [-0.2, -0.15) is 0 Å². The van der Waals surface area contributed by atoms with Gasteiger partial charge in [0, 0.05) is 45.8 Å². The van der Waals surface area contributed by atoms with E-state index in [2.05, 4.69) is 67.2 Å². The molecule has 0 aliphatic carbocycles. The fourth-order valence-electron chi connectivity index (χ4n) is 2.61. The molecular formula is C18H31N3. The Kier molecular flexibility index (Phi) is 5.80. The molecule has 118 valence electrons. The molecule has 1 saturated heterocycles. The molecule has 3 nitrogen and oxygen atoms in total. The summed E-state index contributed by atoms with van der Waals surface area (Å²) in [6.45, 7) is 14.6. The Morgan fingerprint density at radius 3 is 2.10 bits per heavy atom. The third-order valence-electron chi connectivity index (χ3n) is 4.01. The smallest absolute Gasteiger partial charge is 0.0234 e. The van der Waals surface area contributed by atoms with Crippen molar-refractivity contribution in [2.45, 2.75) is 33.9 Å². The highest BCUT2D eigenvalue weighted by Crippen LogP contribution is 2.12. The van der Waals surface area contributed by atoms with Crippen molar-refractivity contribution in [3.05, 3.63) is 35.4 Å². The van der Waals surface area contributed by atoms with Crippen molar-refractivity contribution >= 4 is 0 Å². The van der Waals surface area contributed by atoms with Gasteiger partial charge in [-0.15, -0.1) is 0 Å². The number of nitrogens with one attached hydrogen (secondary N) is 1. The molecule has 1 aliphatic heterocycles. The minimum Gasteiger partial charge on any atom is -0.312 e. The van der Waals surface area contributed by atoms with E-state index in [0.717, 1.165) is 19.6 Å². The normalized spacial score (nSPS) is 18.1. The van der Waals surface area contributed by atoms with Gasteiger partial charge >= 0.3 is 0 Å². The molecule has 0 amide bonds. The molecule has 2 rings (SSSR count). The number of benzene rings is 1. The number of likely N-dealkylation sites (N-methyl/N-ethyl adjacent to an activating group) is 1. The van der Waals surface area contributed by atoms with Crippen LogP contribution in [0.25, 0.3) is 0 Å². The van der Waals surface area contributed by atoms with Crippen LogP contribution in [0.2, 0.25) is 0 Å². The molecule has 1 aromatic carbocycles. The van der Waals surface area contributed by atoms with Crippen LogP contribution in [-0.4, -0.2) is 49.6 Å². The second-order valence-electron chi connectivity index (χ2n) is 7.56. The Balaban J connectivity index is 1.76. The quantitative estimate of drug-likeness (QED) is 0.899. The Labute approximate surface area is 130 Å². The third kappa shape index (κ3) is 6.16. The van der Waals surface area contributed by atoms with Crippen LogP contribution in [-0.2, 0) is 13.1 Å². The summed E-state index contributed by atoms with van der Waals surface area (Å²) in [5, 5.41) is 3.53. The summed E-state index contributed by atoms with van der Waals surface area (Å²) in [5.41, 5.74) is 3.15. The lowest BCUT2D eigenvalue weighted by atomic mass is 9.97. The number of rotatable bonds is 5. The summed E-state index contributed by atoms with van der Waals surface area (Å²) in [7, 11) is 2.21. The lowest BCUT2D eigenvalue weighted by Crippen LogP contribution is -2.43. The van der Waals surface area contributed by atoms with Gasteiger partial charge in [-0.3, -0.25) is 4.90 Å². The van der Waals surface area contributed by atoms with Crippen LogP contribution < -0.4 is 5.32 Å². The molecule has 0 radical (unpaired) electrons. The van der Waals surface area contributed by atoms with E-state index in [4.69, 9.17) is 0 Å². The summed E-state index contributed by atoms with van der Waals surface area (Å²) < 4.78 is 0. The van der Waals surface area contributed by atoms with E-state index in [0.29, 0.717) is 5.41 Å². The standard InChI is InChI=1S/C18H31N3/c1-18(2,3)15-19-13-16-5-7-17(8-6-16)14-21-11-9-20(4)10-12-21/h5-8,19H,9-15H2,1-4H3. The maximum absolute atomic E-state index is 3.53. The highest BCUT2D eigenvalue weighted by molar-refractivity contribution is 5.22. The van der Waals surface area contributed by atoms with Gasteiger partial charge in [-0.05, 0) is 23.6 Å². The fraction of sp³-hybridized carbons (Fsp3) is 0.667. The number of piperazine rings is 1. The monoisotopic (exact) mass is 289 g/mol. The van der Waals surface area contributed by atoms with E-state index in [1.165, 1.54) is 37.3 Å². The summed E-state index contributed by atoms with van der Waals surface area (Å²) in [6, 6.07) is 9.10. The van der Waals surface area contributed by atoms with Crippen LogP contribution >= 0.6 is 0 Å². The Morgan fingerprint density at radius 1 is 0.952 bits per heavy atom. The molecule has 1 N–H and O–H groups in total. The SMILES string of the molecule is CN1CCN(Cc2ccc(CNCC(C)(C)C)cc2)CC1. The first-order chi connectivity index (χ1) is 9.92. The lowest BCUT2D eigenvalue weighted by molar-refractivity contribution is 0.148. The summed E-state index contributed by atoms with van der Waals surface area (Å²) >= 11 is 0. The molecule has 1 fully saturated rings. The van der Waals surface area contributed by atoms with Crippen molar-refractivity contribution < 1.29 is 0 Å². The zero-order chi connectivity index (χ0) is 15.3. The van der Waals surface area contributed by atoms with E-state index in [1.807, 2.05) is 0 Å². The van der Waals surface area contributed by atoms with E-state index >= 15 is 0 Å². The van der Waals surface area contributed by atoms with Crippen LogP contribution in [0, 0.1) is 5.41 Å². The van der Waals surface area contributed by atoms with Crippen molar-refractivity contribution in [2.75, 3.05) is 39.8 Å². The van der Waals surface area contributed by atoms with Gasteiger partial charge < -0.3 is 10.2 Å². The predicted octanol–water partition coefficient (Wildman–Crippen LogP) is 2.57. The number of hydrogen-bond donors (Lipinski definition) is 1. The first-order valence-corrected chi connectivity index (χ1v) is 8.12. The topological polar surface area (TPSA) is 18.5 Å². The second kappa shape index (κ2) is 7.39. The average Bonchev–Trinajstić information content (AvgIpc) is 2.42. The Morgan fingerprint density at radius 2 is 1.52 bits per heavy atom. The molecule has 0 saturated carbocycles. The molecule has 0 unspecified atom stereocenters. The van der Waals surface area contributed by atoms with Crippen molar-refractivity contribution in [1.29, 1.82) is 0 Å². The van der Waals surface area contributed by atoms with Gasteiger partial charge in [0.2, 0.25) is 0 Å². The molecule has 21 heavy (non-hydrogen) atoms. The van der Waals surface area contributed by atoms with E-state index in [9.17, 15) is 0 Å². The average molecular weight is 289 g/mol. The zero-order valence-electron chi connectivity index (χ0n) is 14.2. The lowest BCUT2D eigenvalue weighted by Gasteiger charge is -2.32. The van der Waals surface area contributed by atoms with Crippen molar-refractivity contribution in [1.82, 2.24) is 15.1 Å². The van der Waals surface area contributed by atoms with Gasteiger partial charge in [0.05, 0.1) is 0 Å². The minimum atomic E-state index is 0.349. The van der Waals surface area contributed by atoms with Crippen LogP contribution in [0.3, 0.4) is 0 Å². The zero-order valence-corrected chi connectivity index (χ0v) is 14.2. The van der Waals surface area contributed by atoms with Crippen LogP contribution in [0.1, 0.15) is 31.9 Å². The van der Waals surface area contributed by atoms with E-state index in [-0.39, 0.29) is 0 Å². The van der Waals surface area contributed by atoms with Gasteiger partial charge in [-0.1, -0.05) is 45.0 Å². The predicted molar refractivity (Wildman–Crippen MR) is 90.4 cm³/mol. The van der Waals surface area contributed by atoms with Gasteiger partial charge in [-0.25, -0.2) is 0 Å². The van der Waals surface area contributed by atoms with Crippen molar-refractivity contribution in [3.63, 3.8) is 0 Å². The molecular weight excluding hydrogens is 258 g/mol. The minimum absolute atomic E-state index is 0.349. The summed E-state index contributed by atoms with van der Waals surface area (Å²) in [5.74, 6) is 0. The van der Waals surface area contributed by atoms with Crippen molar-refractivity contribution in [3.8, 4) is 0 Å². The molecule has 0 aromatic heterocycles. The van der Waals surface area contributed by atoms with Gasteiger partial charge in [0.1, 0.15) is 0 Å². The molecule has 1 heterocycles. The van der Waals surface area contributed by atoms with Gasteiger partial charge in [0.15, 0.2) is 0 Å². The van der Waals surface area contributed by atoms with E-state index < -0.39 is 0 Å². The van der Waals surface area contributed by atoms with Gasteiger partial charge in [0.25, 0.3) is 0 Å². The molecule has 0 bridgehead atoms.